The molecule has 2 aromatic carbocycles. The van der Waals surface area contributed by atoms with Crippen LogP contribution in [0.15, 0.2) is 71.0 Å². The molecule has 0 bridgehead atoms. The second-order valence-electron chi connectivity index (χ2n) is 5.42. The summed E-state index contributed by atoms with van der Waals surface area (Å²) in [6, 6.07) is 16.2. The van der Waals surface area contributed by atoms with Crippen molar-refractivity contribution in [2.45, 2.75) is 10.1 Å². The molecule has 1 heterocycles. The number of benzene rings is 2. The van der Waals surface area contributed by atoms with E-state index in [1.54, 1.807) is 42.2 Å². The number of rotatable bonds is 6. The van der Waals surface area contributed by atoms with Gasteiger partial charge in [0.05, 0.1) is 11.6 Å². The van der Waals surface area contributed by atoms with Crippen molar-refractivity contribution in [1.29, 1.82) is 5.26 Å². The Morgan fingerprint density at radius 1 is 1.23 bits per heavy atom. The normalized spacial score (nSPS) is 10.2. The molecule has 0 saturated carbocycles. The van der Waals surface area contributed by atoms with E-state index in [0.717, 1.165) is 10.1 Å². The molecule has 1 N–H and O–H groups in total. The van der Waals surface area contributed by atoms with Crippen LogP contribution in [0.25, 0.3) is 0 Å². The third-order valence-corrected chi connectivity index (χ3v) is 4.56. The van der Waals surface area contributed by atoms with Crippen molar-refractivity contribution in [1.82, 2.24) is 9.55 Å². The van der Waals surface area contributed by atoms with Gasteiger partial charge in [0.15, 0.2) is 11.8 Å². The number of ether oxygens (including phenoxy) is 1. The van der Waals surface area contributed by atoms with Crippen LogP contribution in [0, 0.1) is 11.3 Å². The van der Waals surface area contributed by atoms with Crippen LogP contribution in [0.2, 0.25) is 0 Å². The molecule has 0 saturated heterocycles. The fraction of sp³-hybridized carbons (Fsp3) is 0.105. The van der Waals surface area contributed by atoms with Crippen LogP contribution < -0.4 is 10.1 Å². The van der Waals surface area contributed by atoms with Crippen LogP contribution >= 0.6 is 11.8 Å². The monoisotopic (exact) mass is 364 g/mol. The number of amides is 1. The Bertz CT molecular complexity index is 927. The molecule has 0 unspecified atom stereocenters. The van der Waals surface area contributed by atoms with E-state index < -0.39 is 0 Å². The van der Waals surface area contributed by atoms with Gasteiger partial charge in [0.1, 0.15) is 5.75 Å². The highest BCUT2D eigenvalue weighted by atomic mass is 32.2. The summed E-state index contributed by atoms with van der Waals surface area (Å²) in [5.41, 5.74) is 1.24. The number of nitrogens with one attached hydrogen (secondary N) is 1. The summed E-state index contributed by atoms with van der Waals surface area (Å²) < 4.78 is 7.36. The molecule has 0 radical (unpaired) electrons. The van der Waals surface area contributed by atoms with Gasteiger partial charge in [-0.15, -0.1) is 0 Å². The lowest BCUT2D eigenvalue weighted by Gasteiger charge is -2.08. The molecular formula is C19H16N4O2S. The summed E-state index contributed by atoms with van der Waals surface area (Å²) in [4.78, 5) is 17.3. The summed E-state index contributed by atoms with van der Waals surface area (Å²) >= 11 is 1.55. The standard InChI is InChI=1S/C19H16N4O2S/c1-23-11-10-21-19(23)26-17-8-4-15(5-9-17)22-18(24)13-25-16-6-2-14(12-20)3-7-16/h2-11H,13H2,1H3,(H,22,24). The Morgan fingerprint density at radius 2 is 1.96 bits per heavy atom. The number of imidazole rings is 1. The van der Waals surface area contributed by atoms with Gasteiger partial charge in [0.25, 0.3) is 5.91 Å². The van der Waals surface area contributed by atoms with Gasteiger partial charge in [-0.25, -0.2) is 4.98 Å². The van der Waals surface area contributed by atoms with E-state index in [-0.39, 0.29) is 12.5 Å². The summed E-state index contributed by atoms with van der Waals surface area (Å²) in [5.74, 6) is 0.292. The first-order valence-electron chi connectivity index (χ1n) is 7.82. The van der Waals surface area contributed by atoms with Gasteiger partial charge >= 0.3 is 0 Å². The molecule has 26 heavy (non-hydrogen) atoms. The molecule has 3 aromatic rings. The molecule has 0 aliphatic rings. The van der Waals surface area contributed by atoms with Crippen LogP contribution in [-0.2, 0) is 11.8 Å². The lowest BCUT2D eigenvalue weighted by molar-refractivity contribution is -0.118. The molecule has 0 spiro atoms. The van der Waals surface area contributed by atoms with E-state index in [1.165, 1.54) is 0 Å². The van der Waals surface area contributed by atoms with Gasteiger partial charge in [0.2, 0.25) is 0 Å². The molecule has 130 valence electrons. The molecule has 0 fully saturated rings. The molecule has 1 aromatic heterocycles. The van der Waals surface area contributed by atoms with E-state index in [1.807, 2.05) is 48.1 Å². The maximum absolute atomic E-state index is 12.0. The zero-order valence-electron chi connectivity index (χ0n) is 14.0. The van der Waals surface area contributed by atoms with E-state index in [4.69, 9.17) is 10.00 Å². The fourth-order valence-electron chi connectivity index (χ4n) is 2.13. The number of anilines is 1. The average Bonchev–Trinajstić information content (AvgIpc) is 3.07. The highest BCUT2D eigenvalue weighted by Crippen LogP contribution is 2.26. The smallest absolute Gasteiger partial charge is 0.262 e. The second-order valence-corrected chi connectivity index (χ2v) is 6.46. The molecular weight excluding hydrogens is 348 g/mol. The Hall–Kier alpha value is -3.24. The second kappa shape index (κ2) is 8.23. The van der Waals surface area contributed by atoms with Gasteiger partial charge in [-0.1, -0.05) is 11.8 Å². The van der Waals surface area contributed by atoms with E-state index >= 15 is 0 Å². The van der Waals surface area contributed by atoms with Crippen molar-refractivity contribution in [3.8, 4) is 11.8 Å². The highest BCUT2D eigenvalue weighted by molar-refractivity contribution is 7.99. The topological polar surface area (TPSA) is 79.9 Å². The van der Waals surface area contributed by atoms with Gasteiger partial charge < -0.3 is 14.6 Å². The quantitative estimate of drug-likeness (QED) is 0.724. The average molecular weight is 364 g/mol. The minimum atomic E-state index is -0.251. The summed E-state index contributed by atoms with van der Waals surface area (Å²) in [6.45, 7) is -0.102. The van der Waals surface area contributed by atoms with Crippen molar-refractivity contribution in [2.75, 3.05) is 11.9 Å². The van der Waals surface area contributed by atoms with Crippen LogP contribution in [-0.4, -0.2) is 22.1 Å². The number of carbonyl (C=O) groups is 1. The Kier molecular flexibility index (Phi) is 5.56. The first-order valence-corrected chi connectivity index (χ1v) is 8.64. The van der Waals surface area contributed by atoms with Gasteiger partial charge in [-0.2, -0.15) is 5.26 Å². The first-order chi connectivity index (χ1) is 12.6. The van der Waals surface area contributed by atoms with Crippen molar-refractivity contribution in [3.63, 3.8) is 0 Å². The summed E-state index contributed by atoms with van der Waals surface area (Å²) in [5, 5.41) is 12.4. The number of aromatic nitrogens is 2. The highest BCUT2D eigenvalue weighted by Gasteiger charge is 2.06. The predicted octanol–water partition coefficient (Wildman–Crippen LogP) is 3.46. The molecule has 3 rings (SSSR count). The van der Waals surface area contributed by atoms with Crippen molar-refractivity contribution in [2.24, 2.45) is 7.05 Å². The van der Waals surface area contributed by atoms with Gasteiger partial charge in [0, 0.05) is 30.0 Å². The van der Waals surface area contributed by atoms with Crippen LogP contribution in [0.4, 0.5) is 5.69 Å². The lowest BCUT2D eigenvalue weighted by Crippen LogP contribution is -2.20. The Balaban J connectivity index is 1.51. The summed E-state index contributed by atoms with van der Waals surface area (Å²) in [6.07, 6.45) is 3.65. The fourth-order valence-corrected chi connectivity index (χ4v) is 2.94. The number of hydrogen-bond donors (Lipinski definition) is 1. The van der Waals surface area contributed by atoms with Crippen molar-refractivity contribution >= 4 is 23.4 Å². The van der Waals surface area contributed by atoms with Crippen molar-refractivity contribution < 1.29 is 9.53 Å². The largest absolute Gasteiger partial charge is 0.484 e. The van der Waals surface area contributed by atoms with E-state index in [2.05, 4.69) is 10.3 Å². The van der Waals surface area contributed by atoms with Gasteiger partial charge in [-0.3, -0.25) is 4.79 Å². The van der Waals surface area contributed by atoms with Gasteiger partial charge in [-0.05, 0) is 48.5 Å². The SMILES string of the molecule is Cn1ccnc1Sc1ccc(NC(=O)COc2ccc(C#N)cc2)cc1. The molecule has 6 nitrogen and oxygen atoms in total. The molecule has 0 aliphatic carbocycles. The number of nitriles is 1. The van der Waals surface area contributed by atoms with Crippen LogP contribution in [0.1, 0.15) is 5.56 Å². The maximum atomic E-state index is 12.0. The van der Waals surface area contributed by atoms with Crippen molar-refractivity contribution in [3.05, 3.63) is 66.5 Å². The van der Waals surface area contributed by atoms with E-state index in [0.29, 0.717) is 17.0 Å². The number of nitrogens with zero attached hydrogens (tertiary/aromatic N) is 3. The zero-order chi connectivity index (χ0) is 18.4. The summed E-state index contributed by atoms with van der Waals surface area (Å²) in [7, 11) is 1.94. The van der Waals surface area contributed by atoms with Crippen LogP contribution in [0.3, 0.4) is 0 Å². The maximum Gasteiger partial charge on any atom is 0.262 e. The minimum Gasteiger partial charge on any atom is -0.484 e. The third-order valence-electron chi connectivity index (χ3n) is 3.48. The third kappa shape index (κ3) is 4.65. The minimum absolute atomic E-state index is 0.102. The zero-order valence-corrected chi connectivity index (χ0v) is 14.9. The Labute approximate surface area is 155 Å². The number of carbonyl (C=O) groups excluding carboxylic acids is 1. The number of aryl methyl sites for hydroxylation is 1. The molecule has 7 heteroatoms. The molecule has 1 amide bonds. The number of hydrogen-bond acceptors (Lipinski definition) is 5. The molecule has 0 atom stereocenters. The lowest BCUT2D eigenvalue weighted by atomic mass is 10.2. The molecule has 0 aliphatic heterocycles. The first kappa shape index (κ1) is 17.6. The Morgan fingerprint density at radius 3 is 2.58 bits per heavy atom. The predicted molar refractivity (Wildman–Crippen MR) is 99.1 cm³/mol. The van der Waals surface area contributed by atoms with Crippen LogP contribution in [0.5, 0.6) is 5.75 Å². The van der Waals surface area contributed by atoms with E-state index in [9.17, 15) is 4.79 Å².